The standard InChI is InChI=1S/C14H18N4O2S2/c1-3-8-17(22(19,20)14-5-4-9-21-14)10-13-16-15-11(2)18(13)12-6-7-12/h3-5,9,12H,1,6-8,10H2,2H3. The van der Waals surface area contributed by atoms with Crippen molar-refractivity contribution in [3.63, 3.8) is 0 Å². The molecule has 22 heavy (non-hydrogen) atoms. The van der Waals surface area contributed by atoms with Gasteiger partial charge in [0.05, 0.1) is 6.54 Å². The second-order valence-electron chi connectivity index (χ2n) is 5.28. The van der Waals surface area contributed by atoms with Crippen molar-refractivity contribution in [2.24, 2.45) is 0 Å². The molecule has 0 aromatic carbocycles. The SMILES string of the molecule is C=CCN(Cc1nnc(C)n1C1CC1)S(=O)(=O)c1cccs1. The normalized spacial score (nSPS) is 15.4. The third-order valence-corrected chi connectivity index (χ3v) is 6.77. The summed E-state index contributed by atoms with van der Waals surface area (Å²) in [6.45, 7) is 6.03. The van der Waals surface area contributed by atoms with Gasteiger partial charge in [0, 0.05) is 12.6 Å². The van der Waals surface area contributed by atoms with E-state index in [1.54, 1.807) is 23.6 Å². The van der Waals surface area contributed by atoms with Crippen LogP contribution in [0.1, 0.15) is 30.5 Å². The maximum atomic E-state index is 12.7. The summed E-state index contributed by atoms with van der Waals surface area (Å²) in [6.07, 6.45) is 3.80. The number of thiophene rings is 1. The number of sulfonamides is 1. The van der Waals surface area contributed by atoms with Gasteiger partial charge in [-0.05, 0) is 31.2 Å². The number of aryl methyl sites for hydroxylation is 1. The van der Waals surface area contributed by atoms with Gasteiger partial charge in [-0.15, -0.1) is 28.1 Å². The zero-order valence-corrected chi connectivity index (χ0v) is 14.0. The molecule has 0 amide bonds. The molecule has 0 unspecified atom stereocenters. The molecule has 1 aliphatic rings. The maximum Gasteiger partial charge on any atom is 0.253 e. The van der Waals surface area contributed by atoms with E-state index in [2.05, 4.69) is 21.3 Å². The summed E-state index contributed by atoms with van der Waals surface area (Å²) in [5.41, 5.74) is 0. The van der Waals surface area contributed by atoms with Gasteiger partial charge in [0.1, 0.15) is 15.9 Å². The highest BCUT2D eigenvalue weighted by atomic mass is 32.2. The summed E-state index contributed by atoms with van der Waals surface area (Å²) < 4.78 is 29.2. The Balaban J connectivity index is 1.91. The zero-order chi connectivity index (χ0) is 15.7. The molecule has 118 valence electrons. The largest absolute Gasteiger partial charge is 0.311 e. The van der Waals surface area contributed by atoms with Crippen LogP contribution in [-0.4, -0.2) is 34.0 Å². The van der Waals surface area contributed by atoms with Crippen molar-refractivity contribution in [3.8, 4) is 0 Å². The fraction of sp³-hybridized carbons (Fsp3) is 0.429. The summed E-state index contributed by atoms with van der Waals surface area (Å²) in [4.78, 5) is 0. The molecular weight excluding hydrogens is 320 g/mol. The summed E-state index contributed by atoms with van der Waals surface area (Å²) in [7, 11) is -3.53. The quantitative estimate of drug-likeness (QED) is 0.727. The Morgan fingerprint density at radius 2 is 2.27 bits per heavy atom. The predicted octanol–water partition coefficient (Wildman–Crippen LogP) is 2.36. The van der Waals surface area contributed by atoms with Gasteiger partial charge in [-0.2, -0.15) is 4.31 Å². The van der Waals surface area contributed by atoms with Crippen molar-refractivity contribution in [3.05, 3.63) is 41.8 Å². The molecule has 8 heteroatoms. The van der Waals surface area contributed by atoms with Crippen molar-refractivity contribution in [2.75, 3.05) is 6.54 Å². The third-order valence-electron chi connectivity index (χ3n) is 3.59. The van der Waals surface area contributed by atoms with Crippen molar-refractivity contribution in [1.82, 2.24) is 19.1 Å². The minimum Gasteiger partial charge on any atom is -0.311 e. The van der Waals surface area contributed by atoms with Crippen molar-refractivity contribution < 1.29 is 8.42 Å². The lowest BCUT2D eigenvalue weighted by Crippen LogP contribution is -2.31. The Labute approximate surface area is 134 Å². The molecule has 0 spiro atoms. The summed E-state index contributed by atoms with van der Waals surface area (Å²) in [5, 5.41) is 10.0. The third kappa shape index (κ3) is 2.86. The van der Waals surface area contributed by atoms with Gasteiger partial charge >= 0.3 is 0 Å². The molecular formula is C14H18N4O2S2. The van der Waals surface area contributed by atoms with E-state index in [0.717, 1.165) is 18.7 Å². The predicted molar refractivity (Wildman–Crippen MR) is 85.1 cm³/mol. The lowest BCUT2D eigenvalue weighted by atomic mass is 10.5. The monoisotopic (exact) mass is 338 g/mol. The van der Waals surface area contributed by atoms with Crippen LogP contribution in [0, 0.1) is 6.92 Å². The van der Waals surface area contributed by atoms with Crippen molar-refractivity contribution in [1.29, 1.82) is 0 Å². The topological polar surface area (TPSA) is 68.1 Å². The molecule has 0 saturated heterocycles. The minimum atomic E-state index is -3.53. The van der Waals surface area contributed by atoms with Gasteiger partial charge in [-0.25, -0.2) is 8.42 Å². The van der Waals surface area contributed by atoms with Crippen LogP contribution in [0.2, 0.25) is 0 Å². The highest BCUT2D eigenvalue weighted by Gasteiger charge is 2.31. The zero-order valence-electron chi connectivity index (χ0n) is 12.3. The highest BCUT2D eigenvalue weighted by molar-refractivity contribution is 7.91. The Morgan fingerprint density at radius 3 is 2.86 bits per heavy atom. The van der Waals surface area contributed by atoms with E-state index in [1.807, 2.05) is 6.92 Å². The molecule has 2 aromatic heterocycles. The molecule has 1 saturated carbocycles. The van der Waals surface area contributed by atoms with E-state index < -0.39 is 10.0 Å². The Kier molecular flexibility index (Phi) is 4.16. The molecule has 0 atom stereocenters. The second-order valence-corrected chi connectivity index (χ2v) is 8.40. The Morgan fingerprint density at radius 1 is 1.50 bits per heavy atom. The van der Waals surface area contributed by atoms with Gasteiger partial charge in [0.2, 0.25) is 0 Å². The molecule has 3 rings (SSSR count). The highest BCUT2D eigenvalue weighted by Crippen LogP contribution is 2.37. The van der Waals surface area contributed by atoms with Crippen molar-refractivity contribution >= 4 is 21.4 Å². The lowest BCUT2D eigenvalue weighted by Gasteiger charge is -2.19. The van der Waals surface area contributed by atoms with E-state index >= 15 is 0 Å². The minimum absolute atomic E-state index is 0.212. The smallest absolute Gasteiger partial charge is 0.253 e. The van der Waals surface area contributed by atoms with Gasteiger partial charge in [-0.1, -0.05) is 12.1 Å². The number of hydrogen-bond acceptors (Lipinski definition) is 5. The number of nitrogens with zero attached hydrogens (tertiary/aromatic N) is 4. The van der Waals surface area contributed by atoms with E-state index in [0.29, 0.717) is 16.1 Å². The first-order valence-electron chi connectivity index (χ1n) is 7.09. The van der Waals surface area contributed by atoms with Gasteiger partial charge in [-0.3, -0.25) is 0 Å². The molecule has 2 heterocycles. The molecule has 0 radical (unpaired) electrons. The van der Waals surface area contributed by atoms with Crippen LogP contribution in [-0.2, 0) is 16.6 Å². The van der Waals surface area contributed by atoms with Crippen LogP contribution in [0.4, 0.5) is 0 Å². The number of aromatic nitrogens is 3. The van der Waals surface area contributed by atoms with Crippen LogP contribution in [0.15, 0.2) is 34.4 Å². The van der Waals surface area contributed by atoms with Crippen LogP contribution < -0.4 is 0 Å². The molecule has 0 N–H and O–H groups in total. The number of rotatable bonds is 7. The summed E-state index contributed by atoms with van der Waals surface area (Å²) in [6, 6.07) is 3.77. The van der Waals surface area contributed by atoms with Crippen LogP contribution in [0.25, 0.3) is 0 Å². The fourth-order valence-electron chi connectivity index (χ4n) is 2.42. The van der Waals surface area contributed by atoms with Gasteiger partial charge in [0.15, 0.2) is 0 Å². The van der Waals surface area contributed by atoms with E-state index in [9.17, 15) is 8.42 Å². The van der Waals surface area contributed by atoms with Crippen LogP contribution in [0.3, 0.4) is 0 Å². The van der Waals surface area contributed by atoms with Crippen molar-refractivity contribution in [2.45, 2.75) is 36.6 Å². The summed E-state index contributed by atoms with van der Waals surface area (Å²) in [5.74, 6) is 1.53. The van der Waals surface area contributed by atoms with Crippen LogP contribution in [0.5, 0.6) is 0 Å². The second kappa shape index (κ2) is 5.94. The molecule has 1 fully saturated rings. The average molecular weight is 338 g/mol. The maximum absolute atomic E-state index is 12.7. The van der Waals surface area contributed by atoms with E-state index in [-0.39, 0.29) is 13.1 Å². The first-order valence-corrected chi connectivity index (χ1v) is 9.41. The summed E-state index contributed by atoms with van der Waals surface area (Å²) >= 11 is 1.22. The number of hydrogen-bond donors (Lipinski definition) is 0. The molecule has 0 bridgehead atoms. The fourth-order valence-corrected chi connectivity index (χ4v) is 4.93. The Bertz CT molecular complexity index is 761. The molecule has 2 aromatic rings. The first-order chi connectivity index (χ1) is 10.5. The van der Waals surface area contributed by atoms with E-state index in [4.69, 9.17) is 0 Å². The Hall–Kier alpha value is -1.51. The lowest BCUT2D eigenvalue weighted by molar-refractivity contribution is 0.419. The molecule has 1 aliphatic carbocycles. The van der Waals surface area contributed by atoms with Crippen LogP contribution >= 0.6 is 11.3 Å². The van der Waals surface area contributed by atoms with Gasteiger partial charge in [0.25, 0.3) is 10.0 Å². The molecule has 6 nitrogen and oxygen atoms in total. The van der Waals surface area contributed by atoms with Gasteiger partial charge < -0.3 is 4.57 Å². The molecule has 0 aliphatic heterocycles. The first kappa shape index (κ1) is 15.4. The van der Waals surface area contributed by atoms with E-state index in [1.165, 1.54) is 15.6 Å². The average Bonchev–Trinajstić information content (AvgIpc) is 3.01.